The summed E-state index contributed by atoms with van der Waals surface area (Å²) in [5, 5.41) is 6.69. The lowest BCUT2D eigenvalue weighted by atomic mass is 10.1. The minimum Gasteiger partial charge on any atom is -0.378 e. The second-order valence-corrected chi connectivity index (χ2v) is 6.97. The zero-order chi connectivity index (χ0) is 22.1. The van der Waals surface area contributed by atoms with Crippen molar-refractivity contribution in [3.63, 3.8) is 0 Å². The van der Waals surface area contributed by atoms with Crippen molar-refractivity contribution in [1.82, 2.24) is 10.7 Å². The molecule has 0 fully saturated rings. The average molecular weight is 412 g/mol. The van der Waals surface area contributed by atoms with Crippen LogP contribution in [0.3, 0.4) is 0 Å². The summed E-state index contributed by atoms with van der Waals surface area (Å²) in [5.41, 5.74) is 5.68. The summed E-state index contributed by atoms with van der Waals surface area (Å²) in [4.78, 5) is 27.4. The number of carbonyl (C=O) groups excluding carboxylic acids is 2. The maximum Gasteiger partial charge on any atom is 0.287 e. The Morgan fingerprint density at radius 3 is 2.03 bits per heavy atom. The van der Waals surface area contributed by atoms with Crippen molar-refractivity contribution >= 4 is 29.8 Å². The number of benzene rings is 3. The minimum atomic E-state index is -0.520. The molecule has 3 aromatic carbocycles. The van der Waals surface area contributed by atoms with Crippen molar-refractivity contribution < 1.29 is 9.59 Å². The highest BCUT2D eigenvalue weighted by Crippen LogP contribution is 2.14. The van der Waals surface area contributed by atoms with Gasteiger partial charge in [-0.05, 0) is 41.5 Å². The number of anilines is 1. The molecular weight excluding hydrogens is 388 g/mol. The first kappa shape index (κ1) is 21.5. The fourth-order valence-corrected chi connectivity index (χ4v) is 2.74. The summed E-state index contributed by atoms with van der Waals surface area (Å²) in [5.74, 6) is -0.896. The van der Waals surface area contributed by atoms with E-state index in [2.05, 4.69) is 15.8 Å². The molecule has 0 atom stereocenters. The van der Waals surface area contributed by atoms with Crippen LogP contribution in [0.5, 0.6) is 0 Å². The molecule has 3 aromatic rings. The number of carbonyl (C=O) groups is 2. The molecule has 0 aromatic heterocycles. The molecule has 2 N–H and O–H groups in total. The highest BCUT2D eigenvalue weighted by Gasteiger charge is 2.14. The molecule has 0 heterocycles. The topological polar surface area (TPSA) is 73.8 Å². The molecule has 2 amide bonds. The molecule has 0 saturated heterocycles. The molecule has 0 spiro atoms. The Labute approximate surface area is 181 Å². The molecule has 0 aliphatic carbocycles. The number of hydrogen-bond donors (Lipinski definition) is 2. The first-order valence-electron chi connectivity index (χ1n) is 9.77. The summed E-state index contributed by atoms with van der Waals surface area (Å²) in [6, 6.07) is 25.8. The third kappa shape index (κ3) is 6.40. The van der Waals surface area contributed by atoms with Gasteiger partial charge in [0.05, 0.1) is 6.21 Å². The van der Waals surface area contributed by atoms with Crippen LogP contribution in [-0.4, -0.2) is 32.1 Å². The van der Waals surface area contributed by atoms with Crippen molar-refractivity contribution in [3.8, 4) is 0 Å². The van der Waals surface area contributed by atoms with Crippen LogP contribution in [0.2, 0.25) is 0 Å². The predicted molar refractivity (Wildman–Crippen MR) is 125 cm³/mol. The van der Waals surface area contributed by atoms with Crippen molar-refractivity contribution in [2.75, 3.05) is 19.0 Å². The van der Waals surface area contributed by atoms with Crippen LogP contribution in [0.1, 0.15) is 21.5 Å². The van der Waals surface area contributed by atoms with Crippen LogP contribution in [-0.2, 0) is 4.79 Å². The smallest absolute Gasteiger partial charge is 0.287 e. The molecule has 0 saturated carbocycles. The van der Waals surface area contributed by atoms with E-state index in [0.717, 1.165) is 16.8 Å². The number of amides is 2. The Hall–Kier alpha value is -4.19. The first-order valence-corrected chi connectivity index (χ1v) is 9.77. The second kappa shape index (κ2) is 10.5. The SMILES string of the molecule is CN(C)c1ccc(/C=C(/NC(=O)c2ccccc2)C(=O)NN=Cc2ccccc2)cc1. The van der Waals surface area contributed by atoms with Gasteiger partial charge in [-0.15, -0.1) is 0 Å². The van der Waals surface area contributed by atoms with Crippen LogP contribution in [0.4, 0.5) is 5.69 Å². The van der Waals surface area contributed by atoms with E-state index in [1.54, 1.807) is 36.6 Å². The third-order valence-corrected chi connectivity index (χ3v) is 4.43. The van der Waals surface area contributed by atoms with Gasteiger partial charge in [0.2, 0.25) is 0 Å². The van der Waals surface area contributed by atoms with Crippen molar-refractivity contribution in [1.29, 1.82) is 0 Å². The average Bonchev–Trinajstić information content (AvgIpc) is 2.80. The van der Waals surface area contributed by atoms with Crippen molar-refractivity contribution in [2.24, 2.45) is 5.10 Å². The zero-order valence-corrected chi connectivity index (χ0v) is 17.4. The number of nitrogens with zero attached hydrogens (tertiary/aromatic N) is 2. The van der Waals surface area contributed by atoms with E-state index in [4.69, 9.17) is 0 Å². The van der Waals surface area contributed by atoms with E-state index in [9.17, 15) is 9.59 Å². The van der Waals surface area contributed by atoms with Crippen LogP contribution < -0.4 is 15.6 Å². The van der Waals surface area contributed by atoms with Gasteiger partial charge in [-0.25, -0.2) is 5.43 Å². The standard InChI is InChI=1S/C25H24N4O2/c1-29(2)22-15-13-19(14-16-22)17-23(27-24(30)21-11-7-4-8-12-21)25(31)28-26-18-20-9-5-3-6-10-20/h3-18H,1-2H3,(H,27,30)(H,28,31)/b23-17+,26-18?. The van der Waals surface area contributed by atoms with Crippen molar-refractivity contribution in [2.45, 2.75) is 0 Å². The maximum absolute atomic E-state index is 12.8. The molecule has 3 rings (SSSR count). The molecule has 0 bridgehead atoms. The summed E-state index contributed by atoms with van der Waals surface area (Å²) in [6.45, 7) is 0. The van der Waals surface area contributed by atoms with Gasteiger partial charge in [0.1, 0.15) is 5.70 Å². The molecule has 0 radical (unpaired) electrons. The van der Waals surface area contributed by atoms with Gasteiger partial charge in [-0.2, -0.15) is 5.10 Å². The van der Waals surface area contributed by atoms with Gasteiger partial charge in [0.15, 0.2) is 0 Å². The van der Waals surface area contributed by atoms with E-state index >= 15 is 0 Å². The van der Waals surface area contributed by atoms with E-state index in [0.29, 0.717) is 5.56 Å². The second-order valence-electron chi connectivity index (χ2n) is 6.97. The van der Waals surface area contributed by atoms with Crippen LogP contribution >= 0.6 is 0 Å². The number of nitrogens with one attached hydrogen (secondary N) is 2. The molecule has 31 heavy (non-hydrogen) atoms. The summed E-state index contributed by atoms with van der Waals surface area (Å²) >= 11 is 0. The van der Waals surface area contributed by atoms with Gasteiger partial charge < -0.3 is 10.2 Å². The Bertz CT molecular complexity index is 1070. The summed E-state index contributed by atoms with van der Waals surface area (Å²) < 4.78 is 0. The fraction of sp³-hybridized carbons (Fsp3) is 0.0800. The van der Waals surface area contributed by atoms with Gasteiger partial charge in [0, 0.05) is 25.3 Å². The number of hydrogen-bond acceptors (Lipinski definition) is 4. The van der Waals surface area contributed by atoms with Gasteiger partial charge in [-0.1, -0.05) is 60.7 Å². The minimum absolute atomic E-state index is 0.0941. The number of rotatable bonds is 7. The lowest BCUT2D eigenvalue weighted by molar-refractivity contribution is -0.117. The lowest BCUT2D eigenvalue weighted by Gasteiger charge is -2.12. The van der Waals surface area contributed by atoms with E-state index in [1.807, 2.05) is 79.7 Å². The van der Waals surface area contributed by atoms with Gasteiger partial charge in [0.25, 0.3) is 11.8 Å². The Balaban J connectivity index is 1.81. The normalized spacial score (nSPS) is 11.2. The highest BCUT2D eigenvalue weighted by molar-refractivity contribution is 6.05. The molecule has 156 valence electrons. The lowest BCUT2D eigenvalue weighted by Crippen LogP contribution is -2.32. The Morgan fingerprint density at radius 1 is 0.806 bits per heavy atom. The molecule has 0 aliphatic heterocycles. The van der Waals surface area contributed by atoms with Crippen LogP contribution in [0.25, 0.3) is 6.08 Å². The Kier molecular flexibility index (Phi) is 7.32. The highest BCUT2D eigenvalue weighted by atomic mass is 16.2. The predicted octanol–water partition coefficient (Wildman–Crippen LogP) is 3.67. The van der Waals surface area contributed by atoms with E-state index in [1.165, 1.54) is 0 Å². The zero-order valence-electron chi connectivity index (χ0n) is 17.4. The van der Waals surface area contributed by atoms with Gasteiger partial charge >= 0.3 is 0 Å². The molecule has 6 heteroatoms. The van der Waals surface area contributed by atoms with Crippen molar-refractivity contribution in [3.05, 3.63) is 107 Å². The maximum atomic E-state index is 12.8. The quantitative estimate of drug-likeness (QED) is 0.353. The molecule has 6 nitrogen and oxygen atoms in total. The monoisotopic (exact) mass is 412 g/mol. The molecule has 0 aliphatic rings. The summed E-state index contributed by atoms with van der Waals surface area (Å²) in [7, 11) is 3.91. The third-order valence-electron chi connectivity index (χ3n) is 4.43. The van der Waals surface area contributed by atoms with Crippen LogP contribution in [0, 0.1) is 0 Å². The fourth-order valence-electron chi connectivity index (χ4n) is 2.74. The largest absolute Gasteiger partial charge is 0.378 e. The Morgan fingerprint density at radius 2 is 1.42 bits per heavy atom. The van der Waals surface area contributed by atoms with Crippen LogP contribution in [0.15, 0.2) is 95.7 Å². The summed E-state index contributed by atoms with van der Waals surface area (Å²) in [6.07, 6.45) is 3.16. The number of hydrazone groups is 1. The van der Waals surface area contributed by atoms with E-state index in [-0.39, 0.29) is 11.6 Å². The van der Waals surface area contributed by atoms with Gasteiger partial charge in [-0.3, -0.25) is 9.59 Å². The van der Waals surface area contributed by atoms with E-state index < -0.39 is 5.91 Å². The molecular formula is C25H24N4O2. The molecule has 0 unspecified atom stereocenters. The first-order chi connectivity index (χ1) is 15.0.